The van der Waals surface area contributed by atoms with Gasteiger partial charge in [-0.3, -0.25) is 4.79 Å². The van der Waals surface area contributed by atoms with E-state index in [4.69, 9.17) is 16.3 Å². The number of carbonyl (C=O) groups excluding carboxylic acids is 1. The van der Waals surface area contributed by atoms with Crippen molar-refractivity contribution >= 4 is 22.6 Å². The number of hydrogen-bond acceptors (Lipinski definition) is 5. The SMILES string of the molecule is NNc1ccc2cccc(OCC(N)=O)c2n1. The molecule has 0 atom stereocenters. The van der Waals surface area contributed by atoms with Crippen molar-refractivity contribution in [2.24, 2.45) is 11.6 Å². The normalized spacial score (nSPS) is 10.2. The van der Waals surface area contributed by atoms with E-state index < -0.39 is 5.91 Å². The van der Waals surface area contributed by atoms with E-state index >= 15 is 0 Å². The van der Waals surface area contributed by atoms with Crippen LogP contribution >= 0.6 is 0 Å². The van der Waals surface area contributed by atoms with Gasteiger partial charge in [0, 0.05) is 5.39 Å². The number of pyridine rings is 1. The van der Waals surface area contributed by atoms with E-state index in [9.17, 15) is 4.79 Å². The molecule has 0 aliphatic rings. The van der Waals surface area contributed by atoms with Gasteiger partial charge in [-0.25, -0.2) is 10.8 Å². The summed E-state index contributed by atoms with van der Waals surface area (Å²) >= 11 is 0. The highest BCUT2D eigenvalue weighted by Gasteiger charge is 2.05. The van der Waals surface area contributed by atoms with Gasteiger partial charge in [-0.2, -0.15) is 0 Å². The lowest BCUT2D eigenvalue weighted by Crippen LogP contribution is -2.20. The molecule has 0 aliphatic heterocycles. The Labute approximate surface area is 97.5 Å². The van der Waals surface area contributed by atoms with Gasteiger partial charge in [-0.1, -0.05) is 12.1 Å². The second kappa shape index (κ2) is 4.67. The van der Waals surface area contributed by atoms with Crippen molar-refractivity contribution < 1.29 is 9.53 Å². The standard InChI is InChI=1S/C11H12N4O2/c12-9(16)6-17-8-3-1-2-7-4-5-10(15-13)14-11(7)8/h1-5H,6,13H2,(H2,12,16)(H,14,15). The fourth-order valence-electron chi connectivity index (χ4n) is 1.47. The highest BCUT2D eigenvalue weighted by atomic mass is 16.5. The van der Waals surface area contributed by atoms with Gasteiger partial charge in [0.15, 0.2) is 6.61 Å². The number of nitrogens with one attached hydrogen (secondary N) is 1. The van der Waals surface area contributed by atoms with Crippen molar-refractivity contribution in [2.75, 3.05) is 12.0 Å². The number of fused-ring (bicyclic) bond motifs is 1. The number of hydrazine groups is 1. The molecule has 5 N–H and O–H groups in total. The van der Waals surface area contributed by atoms with Crippen LogP contribution in [-0.4, -0.2) is 17.5 Å². The molecule has 6 heteroatoms. The predicted molar refractivity (Wildman–Crippen MR) is 64.2 cm³/mol. The summed E-state index contributed by atoms with van der Waals surface area (Å²) in [4.78, 5) is 14.9. The molecule has 0 spiro atoms. The Morgan fingerprint density at radius 1 is 1.35 bits per heavy atom. The number of hydrogen-bond donors (Lipinski definition) is 3. The van der Waals surface area contributed by atoms with E-state index in [0.717, 1.165) is 5.39 Å². The maximum absolute atomic E-state index is 10.7. The molecule has 88 valence electrons. The summed E-state index contributed by atoms with van der Waals surface area (Å²) in [5, 5.41) is 0.894. The van der Waals surface area contributed by atoms with Gasteiger partial charge in [0.05, 0.1) is 0 Å². The van der Waals surface area contributed by atoms with Crippen molar-refractivity contribution in [2.45, 2.75) is 0 Å². The van der Waals surface area contributed by atoms with E-state index in [1.165, 1.54) is 0 Å². The van der Waals surface area contributed by atoms with Gasteiger partial charge in [-0.15, -0.1) is 0 Å². The first-order valence-corrected chi connectivity index (χ1v) is 4.98. The summed E-state index contributed by atoms with van der Waals surface area (Å²) in [6.45, 7) is -0.179. The summed E-state index contributed by atoms with van der Waals surface area (Å²) in [5.74, 6) is 5.77. The van der Waals surface area contributed by atoms with Crippen molar-refractivity contribution in [3.8, 4) is 5.75 Å². The molecule has 0 unspecified atom stereocenters. The molecule has 2 rings (SSSR count). The Bertz CT molecular complexity index is 556. The number of aromatic nitrogens is 1. The minimum absolute atomic E-state index is 0.179. The van der Waals surface area contributed by atoms with Gasteiger partial charge in [0.1, 0.15) is 17.1 Å². The van der Waals surface area contributed by atoms with Gasteiger partial charge in [0.2, 0.25) is 0 Å². The van der Waals surface area contributed by atoms with E-state index in [0.29, 0.717) is 17.1 Å². The van der Waals surface area contributed by atoms with Crippen LogP contribution in [0.1, 0.15) is 0 Å². The smallest absolute Gasteiger partial charge is 0.255 e. The lowest BCUT2D eigenvalue weighted by Gasteiger charge is -2.08. The molecule has 0 saturated heterocycles. The van der Waals surface area contributed by atoms with Crippen LogP contribution in [0.15, 0.2) is 30.3 Å². The predicted octanol–water partition coefficient (Wildman–Crippen LogP) is 0.384. The first-order chi connectivity index (χ1) is 8.20. The largest absolute Gasteiger partial charge is 0.481 e. The number of ether oxygens (including phenoxy) is 1. The lowest BCUT2D eigenvalue weighted by molar-refractivity contribution is -0.119. The van der Waals surface area contributed by atoms with Crippen molar-refractivity contribution in [1.29, 1.82) is 0 Å². The number of nitrogen functional groups attached to an aromatic ring is 1. The molecular weight excluding hydrogens is 220 g/mol. The minimum Gasteiger partial charge on any atom is -0.481 e. The molecule has 2 aromatic rings. The van der Waals surface area contributed by atoms with Gasteiger partial charge in [0.25, 0.3) is 5.91 Å². The molecule has 1 amide bonds. The monoisotopic (exact) mass is 232 g/mol. The summed E-state index contributed by atoms with van der Waals surface area (Å²) in [5.41, 5.74) is 8.11. The van der Waals surface area contributed by atoms with Crippen molar-refractivity contribution in [3.05, 3.63) is 30.3 Å². The number of anilines is 1. The molecule has 1 aromatic heterocycles. The topological polar surface area (TPSA) is 103 Å². The second-order valence-electron chi connectivity index (χ2n) is 3.42. The van der Waals surface area contributed by atoms with Crippen molar-refractivity contribution in [1.82, 2.24) is 4.98 Å². The van der Waals surface area contributed by atoms with Gasteiger partial charge >= 0.3 is 0 Å². The van der Waals surface area contributed by atoms with Gasteiger partial charge in [-0.05, 0) is 18.2 Å². The van der Waals surface area contributed by atoms with Crippen LogP contribution in [0.5, 0.6) is 5.75 Å². The van der Waals surface area contributed by atoms with Crippen LogP contribution in [0.4, 0.5) is 5.82 Å². The summed E-state index contributed by atoms with van der Waals surface area (Å²) in [6.07, 6.45) is 0. The molecule has 6 nitrogen and oxygen atoms in total. The Hall–Kier alpha value is -2.34. The number of nitrogens with zero attached hydrogens (tertiary/aromatic N) is 1. The molecule has 0 saturated carbocycles. The zero-order valence-electron chi connectivity index (χ0n) is 9.01. The fourth-order valence-corrected chi connectivity index (χ4v) is 1.47. The number of amides is 1. The first kappa shape index (κ1) is 11.2. The third kappa shape index (κ3) is 2.43. The number of benzene rings is 1. The number of nitrogens with two attached hydrogens (primary N) is 2. The lowest BCUT2D eigenvalue weighted by atomic mass is 10.2. The summed E-state index contributed by atoms with van der Waals surface area (Å²) in [6, 6.07) is 9.03. The number of carbonyl (C=O) groups is 1. The number of rotatable bonds is 4. The van der Waals surface area contributed by atoms with E-state index in [2.05, 4.69) is 10.4 Å². The third-order valence-electron chi connectivity index (χ3n) is 2.20. The fraction of sp³-hybridized carbons (Fsp3) is 0.0909. The van der Waals surface area contributed by atoms with Crippen LogP contribution in [0, 0.1) is 0 Å². The maximum Gasteiger partial charge on any atom is 0.255 e. The Balaban J connectivity index is 2.43. The summed E-state index contributed by atoms with van der Waals surface area (Å²) in [7, 11) is 0. The average Bonchev–Trinajstić information content (AvgIpc) is 2.35. The molecule has 1 heterocycles. The highest BCUT2D eigenvalue weighted by Crippen LogP contribution is 2.24. The Morgan fingerprint density at radius 3 is 2.88 bits per heavy atom. The van der Waals surface area contributed by atoms with E-state index in [1.807, 2.05) is 18.2 Å². The van der Waals surface area contributed by atoms with Crippen LogP contribution in [0.25, 0.3) is 10.9 Å². The number of para-hydroxylation sites is 1. The van der Waals surface area contributed by atoms with Crippen LogP contribution < -0.4 is 21.7 Å². The van der Waals surface area contributed by atoms with Gasteiger partial charge < -0.3 is 15.9 Å². The average molecular weight is 232 g/mol. The quantitative estimate of drug-likeness (QED) is 0.522. The third-order valence-corrected chi connectivity index (χ3v) is 2.20. The molecule has 0 fully saturated rings. The van der Waals surface area contributed by atoms with Crippen LogP contribution in [-0.2, 0) is 4.79 Å². The van der Waals surface area contributed by atoms with E-state index in [-0.39, 0.29) is 6.61 Å². The minimum atomic E-state index is -0.532. The molecular formula is C11H12N4O2. The molecule has 0 bridgehead atoms. The zero-order valence-corrected chi connectivity index (χ0v) is 9.01. The van der Waals surface area contributed by atoms with E-state index in [1.54, 1.807) is 12.1 Å². The molecule has 1 aromatic carbocycles. The number of primary amides is 1. The maximum atomic E-state index is 10.7. The zero-order chi connectivity index (χ0) is 12.3. The molecule has 0 radical (unpaired) electrons. The van der Waals surface area contributed by atoms with Crippen molar-refractivity contribution in [3.63, 3.8) is 0 Å². The van der Waals surface area contributed by atoms with Crippen LogP contribution in [0.2, 0.25) is 0 Å². The van der Waals surface area contributed by atoms with Crippen LogP contribution in [0.3, 0.4) is 0 Å². The Morgan fingerprint density at radius 2 is 2.18 bits per heavy atom. The highest BCUT2D eigenvalue weighted by molar-refractivity contribution is 5.86. The summed E-state index contributed by atoms with van der Waals surface area (Å²) < 4.78 is 5.27. The second-order valence-corrected chi connectivity index (χ2v) is 3.42. The first-order valence-electron chi connectivity index (χ1n) is 4.98. The molecule has 17 heavy (non-hydrogen) atoms. The molecule has 0 aliphatic carbocycles. The Kier molecular flexibility index (Phi) is 3.06.